The van der Waals surface area contributed by atoms with E-state index in [0.29, 0.717) is 5.56 Å². The third kappa shape index (κ3) is 4.02. The number of carbonyl (C=O) groups is 1. The van der Waals surface area contributed by atoms with Crippen molar-refractivity contribution in [2.75, 3.05) is 0 Å². The molecule has 0 fully saturated rings. The summed E-state index contributed by atoms with van der Waals surface area (Å²) in [6.45, 7) is 2.00. The van der Waals surface area contributed by atoms with Crippen LogP contribution in [0.5, 0.6) is 0 Å². The number of benzene rings is 2. The second kappa shape index (κ2) is 7.01. The van der Waals surface area contributed by atoms with Crippen LogP contribution in [0.1, 0.15) is 22.6 Å². The molecule has 2 rings (SSSR count). The minimum absolute atomic E-state index is 0.438. The van der Waals surface area contributed by atoms with Gasteiger partial charge in [-0.3, -0.25) is 4.79 Å². The third-order valence-electron chi connectivity index (χ3n) is 2.99. The fourth-order valence-electron chi connectivity index (χ4n) is 1.82. The lowest BCUT2D eigenvalue weighted by Crippen LogP contribution is -2.24. The highest BCUT2D eigenvalue weighted by Crippen LogP contribution is 2.14. The lowest BCUT2D eigenvalue weighted by atomic mass is 10.0. The zero-order valence-corrected chi connectivity index (χ0v) is 11.7. The molecule has 0 aliphatic rings. The summed E-state index contributed by atoms with van der Waals surface area (Å²) < 4.78 is 0. The molecule has 21 heavy (non-hydrogen) atoms. The van der Waals surface area contributed by atoms with Gasteiger partial charge in [0.15, 0.2) is 5.92 Å². The number of nitriles is 1. The van der Waals surface area contributed by atoms with E-state index in [-0.39, 0.29) is 0 Å². The first-order chi connectivity index (χ1) is 10.2. The average Bonchev–Trinajstić information content (AvgIpc) is 2.51. The first-order valence-corrected chi connectivity index (χ1v) is 6.55. The van der Waals surface area contributed by atoms with Crippen LogP contribution >= 0.6 is 0 Å². The molecule has 0 aromatic heterocycles. The molecule has 0 bridgehead atoms. The standard InChI is InChI=1S/C17H15N3O/c1-13-7-9-14(10-8-13)12-19-20-17(21)16(11-18)15-5-3-2-4-6-15/h2-10,12,16H,1H3,(H,20,21)/b19-12-/t16-/m1/s1. The number of aryl methyl sites for hydroxylation is 1. The monoisotopic (exact) mass is 277 g/mol. The number of amides is 1. The van der Waals surface area contributed by atoms with Gasteiger partial charge in [0, 0.05) is 0 Å². The van der Waals surface area contributed by atoms with E-state index in [0.717, 1.165) is 11.1 Å². The second-order valence-electron chi connectivity index (χ2n) is 4.62. The molecule has 1 atom stereocenters. The first kappa shape index (κ1) is 14.5. The molecule has 4 heteroatoms. The smallest absolute Gasteiger partial charge is 0.261 e. The summed E-state index contributed by atoms with van der Waals surface area (Å²) in [4.78, 5) is 12.0. The van der Waals surface area contributed by atoms with Crippen LogP contribution in [-0.2, 0) is 4.79 Å². The highest BCUT2D eigenvalue weighted by Gasteiger charge is 2.19. The predicted molar refractivity (Wildman–Crippen MR) is 81.7 cm³/mol. The zero-order valence-electron chi connectivity index (χ0n) is 11.7. The van der Waals surface area contributed by atoms with E-state index in [1.807, 2.05) is 43.3 Å². The van der Waals surface area contributed by atoms with E-state index in [2.05, 4.69) is 10.5 Å². The Labute approximate surface area is 123 Å². The van der Waals surface area contributed by atoms with Crippen LogP contribution < -0.4 is 5.43 Å². The van der Waals surface area contributed by atoms with Crippen molar-refractivity contribution in [2.45, 2.75) is 12.8 Å². The Morgan fingerprint density at radius 1 is 1.19 bits per heavy atom. The molecule has 104 valence electrons. The summed E-state index contributed by atoms with van der Waals surface area (Å²) in [5.41, 5.74) is 5.10. The lowest BCUT2D eigenvalue weighted by molar-refractivity contribution is -0.121. The van der Waals surface area contributed by atoms with E-state index in [9.17, 15) is 4.79 Å². The van der Waals surface area contributed by atoms with Crippen LogP contribution in [-0.4, -0.2) is 12.1 Å². The third-order valence-corrected chi connectivity index (χ3v) is 2.99. The molecular weight excluding hydrogens is 262 g/mol. The summed E-state index contributed by atoms with van der Waals surface area (Å²) in [6, 6.07) is 18.7. The van der Waals surface area contributed by atoms with E-state index in [1.54, 1.807) is 30.5 Å². The minimum atomic E-state index is -0.860. The van der Waals surface area contributed by atoms with Crippen molar-refractivity contribution in [1.29, 1.82) is 5.26 Å². The van der Waals surface area contributed by atoms with Gasteiger partial charge < -0.3 is 0 Å². The van der Waals surface area contributed by atoms with E-state index in [4.69, 9.17) is 5.26 Å². The number of hydrogen-bond donors (Lipinski definition) is 1. The number of carbonyl (C=O) groups excluding carboxylic acids is 1. The van der Waals surface area contributed by atoms with Crippen molar-refractivity contribution in [1.82, 2.24) is 5.43 Å². The molecule has 1 amide bonds. The van der Waals surface area contributed by atoms with Crippen LogP contribution in [0.15, 0.2) is 59.7 Å². The van der Waals surface area contributed by atoms with Crippen LogP contribution in [0.25, 0.3) is 0 Å². The maximum atomic E-state index is 12.0. The molecule has 0 aliphatic carbocycles. The van der Waals surface area contributed by atoms with E-state index < -0.39 is 11.8 Å². The molecule has 0 heterocycles. The Balaban J connectivity index is 2.01. The van der Waals surface area contributed by atoms with Gasteiger partial charge in [-0.2, -0.15) is 10.4 Å². The normalized spacial score (nSPS) is 11.8. The Morgan fingerprint density at radius 2 is 1.86 bits per heavy atom. The number of nitrogens with one attached hydrogen (secondary N) is 1. The fourth-order valence-corrected chi connectivity index (χ4v) is 1.82. The van der Waals surface area contributed by atoms with Crippen molar-refractivity contribution >= 4 is 12.1 Å². The van der Waals surface area contributed by atoms with Gasteiger partial charge in [-0.25, -0.2) is 5.43 Å². The molecule has 2 aromatic rings. The van der Waals surface area contributed by atoms with Gasteiger partial charge in [-0.1, -0.05) is 60.2 Å². The molecule has 0 spiro atoms. The number of rotatable bonds is 4. The maximum Gasteiger partial charge on any atom is 0.261 e. The summed E-state index contributed by atoms with van der Waals surface area (Å²) in [5, 5.41) is 13.0. The van der Waals surface area contributed by atoms with Gasteiger partial charge in [0.05, 0.1) is 12.3 Å². The van der Waals surface area contributed by atoms with Gasteiger partial charge in [0.25, 0.3) is 5.91 Å². The molecule has 0 radical (unpaired) electrons. The van der Waals surface area contributed by atoms with E-state index in [1.165, 1.54) is 0 Å². The summed E-state index contributed by atoms with van der Waals surface area (Å²) >= 11 is 0. The molecule has 4 nitrogen and oxygen atoms in total. The molecule has 0 saturated heterocycles. The van der Waals surface area contributed by atoms with Gasteiger partial charge in [0.1, 0.15) is 0 Å². The topological polar surface area (TPSA) is 65.2 Å². The van der Waals surface area contributed by atoms with Crippen molar-refractivity contribution in [3.63, 3.8) is 0 Å². The minimum Gasteiger partial charge on any atom is -0.271 e. The summed E-state index contributed by atoms with van der Waals surface area (Å²) in [6.07, 6.45) is 1.55. The Hall–Kier alpha value is -2.93. The van der Waals surface area contributed by atoms with Crippen molar-refractivity contribution in [2.24, 2.45) is 5.10 Å². The largest absolute Gasteiger partial charge is 0.271 e. The van der Waals surface area contributed by atoms with Gasteiger partial charge in [0.2, 0.25) is 0 Å². The Morgan fingerprint density at radius 3 is 2.48 bits per heavy atom. The quantitative estimate of drug-likeness (QED) is 0.689. The molecule has 0 saturated carbocycles. The first-order valence-electron chi connectivity index (χ1n) is 6.55. The number of hydrazone groups is 1. The van der Waals surface area contributed by atoms with Gasteiger partial charge >= 0.3 is 0 Å². The van der Waals surface area contributed by atoms with Crippen LogP contribution in [0.4, 0.5) is 0 Å². The Bertz CT molecular complexity index is 669. The SMILES string of the molecule is Cc1ccc(/C=N\NC(=O)[C@H](C#N)c2ccccc2)cc1. The van der Waals surface area contributed by atoms with Crippen LogP contribution in [0.2, 0.25) is 0 Å². The molecule has 0 unspecified atom stereocenters. The van der Waals surface area contributed by atoms with Crippen molar-refractivity contribution in [3.8, 4) is 6.07 Å². The summed E-state index contributed by atoms with van der Waals surface area (Å²) in [7, 11) is 0. The van der Waals surface area contributed by atoms with Crippen LogP contribution in [0, 0.1) is 18.3 Å². The van der Waals surface area contributed by atoms with Gasteiger partial charge in [-0.15, -0.1) is 0 Å². The fraction of sp³-hybridized carbons (Fsp3) is 0.118. The molecular formula is C17H15N3O. The van der Waals surface area contributed by atoms with Gasteiger partial charge in [-0.05, 0) is 18.1 Å². The Kier molecular flexibility index (Phi) is 4.84. The average molecular weight is 277 g/mol. The summed E-state index contributed by atoms with van der Waals surface area (Å²) in [5.74, 6) is -1.30. The molecule has 2 aromatic carbocycles. The molecule has 1 N–H and O–H groups in total. The van der Waals surface area contributed by atoms with Crippen molar-refractivity contribution in [3.05, 3.63) is 71.3 Å². The van der Waals surface area contributed by atoms with Crippen molar-refractivity contribution < 1.29 is 4.79 Å². The van der Waals surface area contributed by atoms with Crippen LogP contribution in [0.3, 0.4) is 0 Å². The number of nitrogens with zero attached hydrogens (tertiary/aromatic N) is 2. The lowest BCUT2D eigenvalue weighted by Gasteiger charge is -2.07. The second-order valence-corrected chi connectivity index (χ2v) is 4.62. The van der Waals surface area contributed by atoms with E-state index >= 15 is 0 Å². The molecule has 0 aliphatic heterocycles. The number of hydrogen-bond acceptors (Lipinski definition) is 3. The maximum absolute atomic E-state index is 12.0. The highest BCUT2D eigenvalue weighted by atomic mass is 16.2. The predicted octanol–water partition coefficient (Wildman–Crippen LogP) is 2.75. The zero-order chi connectivity index (χ0) is 15.1. The highest BCUT2D eigenvalue weighted by molar-refractivity contribution is 5.88.